The lowest BCUT2D eigenvalue weighted by Crippen LogP contribution is -2.45. The number of hydrogen-bond donors (Lipinski definition) is 1. The molecule has 1 aliphatic rings. The number of anilines is 1. The summed E-state index contributed by atoms with van der Waals surface area (Å²) in [6.07, 6.45) is 2.58. The van der Waals surface area contributed by atoms with Crippen molar-refractivity contribution in [3.8, 4) is 10.6 Å². The topological polar surface area (TPSA) is 148 Å². The van der Waals surface area contributed by atoms with Crippen LogP contribution >= 0.6 is 11.3 Å². The van der Waals surface area contributed by atoms with Gasteiger partial charge in [0.15, 0.2) is 5.82 Å². The van der Waals surface area contributed by atoms with Crippen molar-refractivity contribution in [1.29, 1.82) is 0 Å². The Morgan fingerprint density at radius 2 is 1.89 bits per heavy atom. The highest BCUT2D eigenvalue weighted by atomic mass is 32.2. The third kappa shape index (κ3) is 5.40. The predicted molar refractivity (Wildman–Crippen MR) is 103 cm³/mol. The molecule has 27 heavy (non-hydrogen) atoms. The molecule has 11 nitrogen and oxygen atoms in total. The maximum Gasteiger partial charge on any atom is 0.261 e. The minimum Gasteiger partial charge on any atom is -0.412 e. The van der Waals surface area contributed by atoms with Gasteiger partial charge >= 0.3 is 0 Å². The first-order valence-corrected chi connectivity index (χ1v) is 10.5. The summed E-state index contributed by atoms with van der Waals surface area (Å²) < 4.78 is 27.7. The number of tetrazole rings is 1. The Balaban J connectivity index is 0.000000390. The molecular formula is C14H21N7O4S2. The molecule has 1 fully saturated rings. The highest BCUT2D eigenvalue weighted by Gasteiger charge is 2.21. The van der Waals surface area contributed by atoms with E-state index >= 15 is 0 Å². The molecule has 0 unspecified atom stereocenters. The van der Waals surface area contributed by atoms with Crippen molar-refractivity contribution in [2.75, 3.05) is 44.4 Å². The van der Waals surface area contributed by atoms with E-state index < -0.39 is 10.1 Å². The van der Waals surface area contributed by atoms with E-state index in [0.717, 1.165) is 48.2 Å². The molecule has 0 atom stereocenters. The van der Waals surface area contributed by atoms with E-state index in [9.17, 15) is 8.42 Å². The van der Waals surface area contributed by atoms with Crippen LogP contribution in [0.5, 0.6) is 0 Å². The van der Waals surface area contributed by atoms with Gasteiger partial charge in [0.25, 0.3) is 10.1 Å². The predicted octanol–water partition coefficient (Wildman–Crippen LogP) is -0.321. The fraction of sp³-hybridized carbons (Fsp3) is 0.429. The summed E-state index contributed by atoms with van der Waals surface area (Å²) in [5.41, 5.74) is 1.66. The highest BCUT2D eigenvalue weighted by Crippen LogP contribution is 2.27. The molecule has 1 aliphatic heterocycles. The van der Waals surface area contributed by atoms with Crippen LogP contribution < -0.4 is 4.90 Å². The Labute approximate surface area is 160 Å². The van der Waals surface area contributed by atoms with Crippen LogP contribution in [0.2, 0.25) is 0 Å². The van der Waals surface area contributed by atoms with E-state index in [1.165, 1.54) is 0 Å². The third-order valence-corrected chi connectivity index (χ3v) is 4.68. The van der Waals surface area contributed by atoms with Crippen molar-refractivity contribution in [3.05, 3.63) is 23.7 Å². The second kappa shape index (κ2) is 8.67. The Morgan fingerprint density at radius 1 is 1.22 bits per heavy atom. The van der Waals surface area contributed by atoms with Crippen molar-refractivity contribution in [1.82, 2.24) is 29.9 Å². The second-order valence-corrected chi connectivity index (χ2v) is 8.30. The molecule has 3 N–H and O–H groups in total. The maximum absolute atomic E-state index is 9.19. The summed E-state index contributed by atoms with van der Waals surface area (Å²) in [4.78, 5) is 10.3. The molecule has 4 heterocycles. The monoisotopic (exact) mass is 415 g/mol. The number of hydrogen-bond acceptors (Lipinski definition) is 9. The van der Waals surface area contributed by atoms with Crippen LogP contribution in [-0.4, -0.2) is 87.9 Å². The van der Waals surface area contributed by atoms with E-state index in [2.05, 4.69) is 43.4 Å². The van der Waals surface area contributed by atoms with Gasteiger partial charge in [-0.15, -0.1) is 16.4 Å². The minimum atomic E-state index is -3.67. The lowest BCUT2D eigenvalue weighted by molar-refractivity contribution is 0.312. The Hall–Kier alpha value is -2.19. The van der Waals surface area contributed by atoms with Crippen LogP contribution in [0.25, 0.3) is 16.2 Å². The normalized spacial score (nSPS) is 15.1. The Kier molecular flexibility index (Phi) is 6.78. The molecule has 0 saturated carbocycles. The third-order valence-electron chi connectivity index (χ3n) is 3.78. The van der Waals surface area contributed by atoms with Gasteiger partial charge in [-0.3, -0.25) is 4.55 Å². The molecule has 1 saturated heterocycles. The average Bonchev–Trinajstić information content (AvgIpc) is 3.25. The molecular weight excluding hydrogens is 394 g/mol. The molecule has 0 bridgehead atoms. The van der Waals surface area contributed by atoms with Gasteiger partial charge in [-0.05, 0) is 28.9 Å². The van der Waals surface area contributed by atoms with Crippen LogP contribution in [0.3, 0.4) is 0 Å². The van der Waals surface area contributed by atoms with Crippen molar-refractivity contribution in [2.24, 2.45) is 0 Å². The van der Waals surface area contributed by atoms with Crippen LogP contribution in [0.15, 0.2) is 23.7 Å². The number of fused-ring (bicyclic) bond motifs is 1. The molecule has 148 valence electrons. The number of rotatable bonds is 2. The van der Waals surface area contributed by atoms with Crippen LogP contribution in [0.4, 0.5) is 5.82 Å². The van der Waals surface area contributed by atoms with Crippen LogP contribution in [-0.2, 0) is 10.1 Å². The fourth-order valence-corrected chi connectivity index (χ4v) is 3.28. The number of piperazine rings is 1. The molecule has 0 aromatic carbocycles. The zero-order valence-corrected chi connectivity index (χ0v) is 16.5. The Morgan fingerprint density at radius 3 is 2.48 bits per heavy atom. The van der Waals surface area contributed by atoms with Gasteiger partial charge in [0.05, 0.1) is 17.3 Å². The average molecular weight is 416 g/mol. The standard InChI is InChI=1S/C13H15N7S.CH4O3S.H2O/c1-18-4-6-19(7-5-18)12-13-15-16-17-20(13)10(9-14-12)11-3-2-8-21-11;1-5(2,3)4;/h2-3,8-9H,4-7H2,1H3;1H3,(H,2,3,4);1H2. The lowest BCUT2D eigenvalue weighted by atomic mass is 10.3. The molecule has 4 rings (SSSR count). The quantitative estimate of drug-likeness (QED) is 0.556. The van der Waals surface area contributed by atoms with Crippen molar-refractivity contribution < 1.29 is 18.4 Å². The van der Waals surface area contributed by atoms with E-state index in [0.29, 0.717) is 6.26 Å². The van der Waals surface area contributed by atoms with Crippen molar-refractivity contribution >= 4 is 32.9 Å². The summed E-state index contributed by atoms with van der Waals surface area (Å²) in [7, 11) is -1.53. The Bertz CT molecular complexity index is 959. The summed E-state index contributed by atoms with van der Waals surface area (Å²) in [5.74, 6) is 0.869. The first-order chi connectivity index (χ1) is 12.3. The van der Waals surface area contributed by atoms with Gasteiger partial charge in [-0.25, -0.2) is 4.98 Å². The van der Waals surface area contributed by atoms with Gasteiger partial charge in [-0.2, -0.15) is 12.9 Å². The maximum atomic E-state index is 9.19. The van der Waals surface area contributed by atoms with Crippen LogP contribution in [0.1, 0.15) is 0 Å². The van der Waals surface area contributed by atoms with E-state index in [1.54, 1.807) is 15.9 Å². The summed E-state index contributed by atoms with van der Waals surface area (Å²) in [5, 5.41) is 14.2. The molecule has 13 heteroatoms. The van der Waals surface area contributed by atoms with Gasteiger partial charge in [0.2, 0.25) is 5.65 Å². The smallest absolute Gasteiger partial charge is 0.261 e. The molecule has 0 aliphatic carbocycles. The zero-order valence-electron chi connectivity index (χ0n) is 14.8. The van der Waals surface area contributed by atoms with Crippen molar-refractivity contribution in [3.63, 3.8) is 0 Å². The summed E-state index contributed by atoms with van der Waals surface area (Å²) in [6.45, 7) is 3.96. The minimum absolute atomic E-state index is 0. The zero-order chi connectivity index (χ0) is 18.7. The summed E-state index contributed by atoms with van der Waals surface area (Å²) >= 11 is 1.66. The van der Waals surface area contributed by atoms with Gasteiger partial charge in [0.1, 0.15) is 5.69 Å². The van der Waals surface area contributed by atoms with E-state index in [4.69, 9.17) is 4.55 Å². The number of likely N-dealkylation sites (N-methyl/N-ethyl adjacent to an activating group) is 1. The van der Waals surface area contributed by atoms with Gasteiger partial charge in [0, 0.05) is 26.2 Å². The van der Waals surface area contributed by atoms with Crippen LogP contribution in [0, 0.1) is 0 Å². The molecule has 0 spiro atoms. The second-order valence-electron chi connectivity index (χ2n) is 5.88. The molecule has 0 amide bonds. The highest BCUT2D eigenvalue weighted by molar-refractivity contribution is 7.85. The van der Waals surface area contributed by atoms with E-state index in [-0.39, 0.29) is 5.48 Å². The van der Waals surface area contributed by atoms with Crippen molar-refractivity contribution in [2.45, 2.75) is 0 Å². The lowest BCUT2D eigenvalue weighted by Gasteiger charge is -2.33. The SMILES string of the molecule is CN1CCN(c2ncc(-c3cccs3)n3nnnc23)CC1.CS(=O)(=O)O.O. The fourth-order valence-electron chi connectivity index (χ4n) is 2.56. The number of thiophene rings is 1. The molecule has 3 aromatic rings. The molecule has 3 aromatic heterocycles. The first-order valence-electron chi connectivity index (χ1n) is 7.80. The van der Waals surface area contributed by atoms with Gasteiger partial charge < -0.3 is 15.3 Å². The largest absolute Gasteiger partial charge is 0.412 e. The summed E-state index contributed by atoms with van der Waals surface area (Å²) in [6, 6.07) is 4.07. The molecule has 0 radical (unpaired) electrons. The first kappa shape index (κ1) is 21.1. The number of nitrogens with zero attached hydrogens (tertiary/aromatic N) is 7. The van der Waals surface area contributed by atoms with E-state index in [1.807, 2.05) is 17.6 Å². The van der Waals surface area contributed by atoms with Gasteiger partial charge in [-0.1, -0.05) is 6.07 Å². The number of aromatic nitrogens is 5.